The van der Waals surface area contributed by atoms with E-state index < -0.39 is 5.97 Å². The van der Waals surface area contributed by atoms with Crippen molar-refractivity contribution in [2.75, 3.05) is 20.8 Å². The van der Waals surface area contributed by atoms with Crippen LogP contribution < -0.4 is 4.74 Å². The molecule has 1 heterocycles. The van der Waals surface area contributed by atoms with Crippen molar-refractivity contribution >= 4 is 29.3 Å². The first-order valence-corrected chi connectivity index (χ1v) is 8.22. The van der Waals surface area contributed by atoms with E-state index in [9.17, 15) is 9.59 Å². The summed E-state index contributed by atoms with van der Waals surface area (Å²) in [5, 5.41) is 1.92. The topological polar surface area (TPSA) is 55.8 Å². The smallest absolute Gasteiger partial charge is 0.331 e. The highest BCUT2D eigenvalue weighted by Crippen LogP contribution is 2.18. The van der Waals surface area contributed by atoms with Crippen molar-refractivity contribution in [2.24, 2.45) is 0 Å². The molecule has 0 aliphatic rings. The predicted molar refractivity (Wildman–Crippen MR) is 93.8 cm³/mol. The third-order valence-corrected chi connectivity index (χ3v) is 4.13. The summed E-state index contributed by atoms with van der Waals surface area (Å²) in [7, 11) is 3.24. The molecule has 0 atom stereocenters. The number of para-hydroxylation sites is 1. The van der Waals surface area contributed by atoms with Gasteiger partial charge in [0.25, 0.3) is 5.91 Å². The molecule has 24 heavy (non-hydrogen) atoms. The summed E-state index contributed by atoms with van der Waals surface area (Å²) in [6.07, 6.45) is 2.98. The van der Waals surface area contributed by atoms with E-state index in [1.54, 1.807) is 20.2 Å². The number of hydrogen-bond donors (Lipinski definition) is 0. The lowest BCUT2D eigenvalue weighted by Gasteiger charge is -2.18. The van der Waals surface area contributed by atoms with Crippen LogP contribution in [0.4, 0.5) is 0 Å². The largest absolute Gasteiger partial charge is 0.496 e. The summed E-state index contributed by atoms with van der Waals surface area (Å²) in [6.45, 7) is 0.0880. The van der Waals surface area contributed by atoms with Gasteiger partial charge in [0, 0.05) is 30.1 Å². The van der Waals surface area contributed by atoms with Crippen LogP contribution in [0.25, 0.3) is 6.08 Å². The third kappa shape index (κ3) is 5.24. The second-order valence-corrected chi connectivity index (χ2v) is 6.00. The highest BCUT2D eigenvalue weighted by atomic mass is 32.1. The lowest BCUT2D eigenvalue weighted by atomic mass is 10.2. The van der Waals surface area contributed by atoms with Crippen molar-refractivity contribution < 1.29 is 19.1 Å². The first kappa shape index (κ1) is 17.7. The zero-order valence-electron chi connectivity index (χ0n) is 13.6. The summed E-state index contributed by atoms with van der Waals surface area (Å²) >= 11 is 1.52. The molecule has 0 spiro atoms. The molecule has 0 bridgehead atoms. The molecular weight excluding hydrogens is 326 g/mol. The van der Waals surface area contributed by atoms with Crippen molar-refractivity contribution in [1.82, 2.24) is 4.90 Å². The molecule has 2 aromatic rings. The van der Waals surface area contributed by atoms with E-state index in [1.807, 2.05) is 41.8 Å². The van der Waals surface area contributed by atoms with Gasteiger partial charge in [-0.25, -0.2) is 4.79 Å². The molecule has 126 valence electrons. The minimum Gasteiger partial charge on any atom is -0.496 e. The Morgan fingerprint density at radius 2 is 2.00 bits per heavy atom. The Morgan fingerprint density at radius 3 is 2.71 bits per heavy atom. The monoisotopic (exact) mass is 345 g/mol. The Bertz CT molecular complexity index is 710. The van der Waals surface area contributed by atoms with Gasteiger partial charge in [0.1, 0.15) is 5.75 Å². The minimum absolute atomic E-state index is 0.279. The van der Waals surface area contributed by atoms with E-state index in [0.29, 0.717) is 12.3 Å². The molecule has 0 fully saturated rings. The average Bonchev–Trinajstić information content (AvgIpc) is 3.11. The standard InChI is InChI=1S/C18H19NO4S/c1-19(12-14-6-3-4-8-16(14)22-2)17(20)13-23-18(21)10-9-15-7-5-11-24-15/h3-11H,12-13H2,1-2H3. The van der Waals surface area contributed by atoms with Crippen molar-refractivity contribution in [3.8, 4) is 5.75 Å². The number of ether oxygens (including phenoxy) is 2. The van der Waals surface area contributed by atoms with E-state index in [4.69, 9.17) is 9.47 Å². The maximum atomic E-state index is 12.1. The zero-order chi connectivity index (χ0) is 17.4. The van der Waals surface area contributed by atoms with Gasteiger partial charge >= 0.3 is 5.97 Å². The van der Waals surface area contributed by atoms with Gasteiger partial charge in [-0.1, -0.05) is 24.3 Å². The summed E-state index contributed by atoms with van der Waals surface area (Å²) in [4.78, 5) is 26.1. The number of methoxy groups -OCH3 is 1. The van der Waals surface area contributed by atoms with Gasteiger partial charge < -0.3 is 14.4 Å². The van der Waals surface area contributed by atoms with Gasteiger partial charge in [-0.2, -0.15) is 0 Å². The van der Waals surface area contributed by atoms with Gasteiger partial charge in [0.05, 0.1) is 7.11 Å². The maximum Gasteiger partial charge on any atom is 0.331 e. The fraction of sp³-hybridized carbons (Fsp3) is 0.222. The molecule has 0 aliphatic carbocycles. The molecule has 0 saturated carbocycles. The lowest BCUT2D eigenvalue weighted by Crippen LogP contribution is -2.30. The number of carbonyl (C=O) groups is 2. The summed E-state index contributed by atoms with van der Waals surface area (Å²) in [5.41, 5.74) is 0.889. The zero-order valence-corrected chi connectivity index (χ0v) is 14.4. The second kappa shape index (κ2) is 8.88. The quantitative estimate of drug-likeness (QED) is 0.572. The molecule has 1 aromatic heterocycles. The number of benzene rings is 1. The number of esters is 1. The molecule has 0 aliphatic heterocycles. The van der Waals surface area contributed by atoms with Gasteiger partial charge in [0.15, 0.2) is 6.61 Å². The first-order valence-electron chi connectivity index (χ1n) is 7.34. The first-order chi connectivity index (χ1) is 11.6. The number of nitrogens with zero attached hydrogens (tertiary/aromatic N) is 1. The van der Waals surface area contributed by atoms with E-state index in [0.717, 1.165) is 10.4 Å². The Labute approximate surface area is 145 Å². The molecule has 2 rings (SSSR count). The number of hydrogen-bond acceptors (Lipinski definition) is 5. The molecule has 0 saturated heterocycles. The number of likely N-dealkylation sites (N-methyl/N-ethyl adjacent to an activating group) is 1. The Kier molecular flexibility index (Phi) is 6.57. The number of amides is 1. The van der Waals surface area contributed by atoms with Crippen molar-refractivity contribution in [2.45, 2.75) is 6.54 Å². The SMILES string of the molecule is COc1ccccc1CN(C)C(=O)COC(=O)C=Cc1cccs1. The Balaban J connectivity index is 1.82. The van der Waals surface area contributed by atoms with Crippen LogP contribution >= 0.6 is 11.3 Å². The molecule has 0 unspecified atom stereocenters. The number of carbonyl (C=O) groups excluding carboxylic acids is 2. The fourth-order valence-corrected chi connectivity index (χ4v) is 2.62. The molecule has 5 nitrogen and oxygen atoms in total. The molecule has 1 aromatic carbocycles. The highest BCUT2D eigenvalue weighted by Gasteiger charge is 2.13. The van der Waals surface area contributed by atoms with Crippen LogP contribution in [-0.4, -0.2) is 37.5 Å². The highest BCUT2D eigenvalue weighted by molar-refractivity contribution is 7.10. The lowest BCUT2D eigenvalue weighted by molar-refractivity contribution is -0.147. The van der Waals surface area contributed by atoms with Crippen LogP contribution in [0.2, 0.25) is 0 Å². The Morgan fingerprint density at radius 1 is 1.21 bits per heavy atom. The normalized spacial score (nSPS) is 10.6. The average molecular weight is 345 g/mol. The minimum atomic E-state index is -0.539. The van der Waals surface area contributed by atoms with Crippen LogP contribution in [0, 0.1) is 0 Å². The van der Waals surface area contributed by atoms with Crippen LogP contribution in [0.3, 0.4) is 0 Å². The number of thiophene rings is 1. The maximum absolute atomic E-state index is 12.1. The van der Waals surface area contributed by atoms with Crippen molar-refractivity contribution in [3.63, 3.8) is 0 Å². The van der Waals surface area contributed by atoms with Gasteiger partial charge in [-0.3, -0.25) is 4.79 Å². The van der Waals surface area contributed by atoms with Crippen LogP contribution in [0.5, 0.6) is 5.75 Å². The van der Waals surface area contributed by atoms with Crippen molar-refractivity contribution in [3.05, 3.63) is 58.3 Å². The van der Waals surface area contributed by atoms with Crippen LogP contribution in [0.1, 0.15) is 10.4 Å². The van der Waals surface area contributed by atoms with Crippen LogP contribution in [0.15, 0.2) is 47.9 Å². The molecular formula is C18H19NO4S. The van der Waals surface area contributed by atoms with Gasteiger partial charge in [0.2, 0.25) is 0 Å². The van der Waals surface area contributed by atoms with Gasteiger partial charge in [-0.05, 0) is 23.6 Å². The van der Waals surface area contributed by atoms with E-state index in [-0.39, 0.29) is 12.5 Å². The van der Waals surface area contributed by atoms with E-state index in [2.05, 4.69) is 0 Å². The van der Waals surface area contributed by atoms with E-state index >= 15 is 0 Å². The van der Waals surface area contributed by atoms with Crippen LogP contribution in [-0.2, 0) is 20.9 Å². The molecule has 1 amide bonds. The molecule has 0 N–H and O–H groups in total. The van der Waals surface area contributed by atoms with E-state index in [1.165, 1.54) is 22.3 Å². The van der Waals surface area contributed by atoms with Gasteiger partial charge in [-0.15, -0.1) is 11.3 Å². The summed E-state index contributed by atoms with van der Waals surface area (Å²) in [6, 6.07) is 11.3. The van der Waals surface area contributed by atoms with Crippen molar-refractivity contribution in [1.29, 1.82) is 0 Å². The molecule has 0 radical (unpaired) electrons. The third-order valence-electron chi connectivity index (χ3n) is 3.29. The summed E-state index contributed by atoms with van der Waals surface area (Å²) in [5.74, 6) is -0.103. The molecule has 6 heteroatoms. The summed E-state index contributed by atoms with van der Waals surface area (Å²) < 4.78 is 10.2. The predicted octanol–water partition coefficient (Wildman–Crippen LogP) is 2.97. The second-order valence-electron chi connectivity index (χ2n) is 5.02. The number of rotatable bonds is 7. The fourth-order valence-electron chi connectivity index (χ4n) is 2.00. The Hall–Kier alpha value is -2.60.